The average Bonchev–Trinajstić information content (AvgIpc) is 3.39. The summed E-state index contributed by atoms with van der Waals surface area (Å²) < 4.78 is 11.1. The Morgan fingerprint density at radius 2 is 2.00 bits per heavy atom. The standard InChI is InChI=1S/C25H31ClN6O4/c1-35-20-12-15-5-7-32(8-9-33)6-4-14(15)11-19(20)29-25-28-13-18(26)23(31-25)30-21-16-2-3-17(10-16)22(21)36-24(27)34/h2-3,11-13,16-17,21-22,33H,4-10H2,1H3,(H2,27,34)(H2,28,29,30,31)/t16-,17+,21+,22-/m0/s1. The van der Waals surface area contributed by atoms with Crippen molar-refractivity contribution in [3.63, 3.8) is 0 Å². The Balaban J connectivity index is 1.36. The van der Waals surface area contributed by atoms with E-state index >= 15 is 0 Å². The summed E-state index contributed by atoms with van der Waals surface area (Å²) >= 11 is 6.43. The Hall–Kier alpha value is -3.08. The van der Waals surface area contributed by atoms with Crippen LogP contribution in [0.5, 0.6) is 5.75 Å². The largest absolute Gasteiger partial charge is 0.495 e. The number of amides is 1. The molecule has 4 atom stereocenters. The topological polar surface area (TPSA) is 135 Å². The number of aromatic nitrogens is 2. The maximum Gasteiger partial charge on any atom is 0.404 e. The van der Waals surface area contributed by atoms with Gasteiger partial charge in [0, 0.05) is 31.5 Å². The molecule has 0 radical (unpaired) electrons. The van der Waals surface area contributed by atoms with Crippen LogP contribution < -0.4 is 21.1 Å². The van der Waals surface area contributed by atoms with Crippen molar-refractivity contribution in [3.05, 3.63) is 46.6 Å². The number of aliphatic hydroxyl groups is 1. The number of methoxy groups -OCH3 is 1. The van der Waals surface area contributed by atoms with Crippen molar-refractivity contribution in [2.45, 2.75) is 31.4 Å². The number of carbonyl (C=O) groups excluding carboxylic acids is 1. The molecular weight excluding hydrogens is 484 g/mol. The zero-order valence-electron chi connectivity index (χ0n) is 20.1. The molecular formula is C25H31ClN6O4. The monoisotopic (exact) mass is 514 g/mol. The molecule has 1 aromatic carbocycles. The molecule has 0 saturated heterocycles. The van der Waals surface area contributed by atoms with Crippen LogP contribution in [0.15, 0.2) is 30.5 Å². The minimum atomic E-state index is -0.793. The van der Waals surface area contributed by atoms with Gasteiger partial charge in [0.05, 0.1) is 31.6 Å². The number of primary amides is 1. The van der Waals surface area contributed by atoms with Crippen LogP contribution >= 0.6 is 11.6 Å². The normalized spacial score (nSPS) is 24.8. The quantitative estimate of drug-likeness (QED) is 0.392. The summed E-state index contributed by atoms with van der Waals surface area (Å²) in [7, 11) is 1.64. The van der Waals surface area contributed by atoms with Crippen LogP contribution in [0, 0.1) is 11.8 Å². The lowest BCUT2D eigenvalue weighted by Gasteiger charge is -2.28. The number of nitrogens with one attached hydrogen (secondary N) is 2. The number of hydrogen-bond acceptors (Lipinski definition) is 9. The van der Waals surface area contributed by atoms with Crippen LogP contribution in [0.4, 0.5) is 22.2 Å². The van der Waals surface area contributed by atoms with Crippen molar-refractivity contribution in [1.29, 1.82) is 0 Å². The van der Waals surface area contributed by atoms with Crippen LogP contribution in [0.1, 0.15) is 17.5 Å². The van der Waals surface area contributed by atoms with Gasteiger partial charge in [-0.2, -0.15) is 4.98 Å². The van der Waals surface area contributed by atoms with Gasteiger partial charge < -0.3 is 35.8 Å². The van der Waals surface area contributed by atoms with Gasteiger partial charge in [-0.05, 0) is 42.5 Å². The third-order valence-corrected chi connectivity index (χ3v) is 7.54. The van der Waals surface area contributed by atoms with Gasteiger partial charge in [0.1, 0.15) is 16.9 Å². The zero-order valence-corrected chi connectivity index (χ0v) is 20.9. The first-order valence-electron chi connectivity index (χ1n) is 12.2. The molecule has 36 heavy (non-hydrogen) atoms. The van der Waals surface area contributed by atoms with Crippen LogP contribution in [-0.4, -0.2) is 71.6 Å². The molecule has 1 saturated carbocycles. The van der Waals surface area contributed by atoms with E-state index in [1.807, 2.05) is 0 Å². The van der Waals surface area contributed by atoms with Gasteiger partial charge in [-0.15, -0.1) is 0 Å². The summed E-state index contributed by atoms with van der Waals surface area (Å²) in [6.45, 7) is 2.62. The molecule has 2 aromatic rings. The number of anilines is 3. The number of carbonyl (C=O) groups is 1. The maximum absolute atomic E-state index is 11.4. The van der Waals surface area contributed by atoms with Crippen LogP contribution in [0.25, 0.3) is 0 Å². The van der Waals surface area contributed by atoms with E-state index in [1.54, 1.807) is 7.11 Å². The van der Waals surface area contributed by atoms with E-state index in [0.29, 0.717) is 29.1 Å². The Morgan fingerprint density at radius 3 is 2.72 bits per heavy atom. The molecule has 2 heterocycles. The van der Waals surface area contributed by atoms with Gasteiger partial charge in [0.2, 0.25) is 5.95 Å². The second-order valence-corrected chi connectivity index (χ2v) is 9.83. The third kappa shape index (κ3) is 5.07. The lowest BCUT2D eigenvalue weighted by Crippen LogP contribution is -2.41. The molecule has 0 spiro atoms. The summed E-state index contributed by atoms with van der Waals surface area (Å²) in [5.74, 6) is 1.83. The Kier molecular flexibility index (Phi) is 7.17. The molecule has 1 amide bonds. The Bertz CT molecular complexity index is 1160. The number of rotatable bonds is 8. The Morgan fingerprint density at radius 1 is 1.25 bits per heavy atom. The summed E-state index contributed by atoms with van der Waals surface area (Å²) in [4.78, 5) is 22.7. The van der Waals surface area contributed by atoms with Gasteiger partial charge in [-0.3, -0.25) is 0 Å². The van der Waals surface area contributed by atoms with Gasteiger partial charge in [-0.1, -0.05) is 23.8 Å². The molecule has 192 valence electrons. The van der Waals surface area contributed by atoms with Crippen molar-refractivity contribution < 1.29 is 19.4 Å². The van der Waals surface area contributed by atoms with E-state index in [2.05, 4.69) is 49.8 Å². The van der Waals surface area contributed by atoms with Crippen molar-refractivity contribution in [1.82, 2.24) is 14.9 Å². The SMILES string of the molecule is COc1cc2c(cc1Nc1ncc(Cl)c(N[C@H]3[C@@H](OC(N)=O)[C@@H]4C=C[C@H]3C4)n1)CCN(CCO)CC2. The molecule has 5 rings (SSSR count). The highest BCUT2D eigenvalue weighted by atomic mass is 35.5. The molecule has 5 N–H and O–H groups in total. The van der Waals surface area contributed by atoms with E-state index < -0.39 is 6.09 Å². The molecule has 3 aliphatic rings. The molecule has 11 heteroatoms. The molecule has 0 unspecified atom stereocenters. The zero-order chi connectivity index (χ0) is 25.2. The maximum atomic E-state index is 11.4. The van der Waals surface area contributed by atoms with Crippen LogP contribution in [0.3, 0.4) is 0 Å². The second kappa shape index (κ2) is 10.5. The number of aliphatic hydroxyl groups excluding tert-OH is 1. The fourth-order valence-corrected chi connectivity index (χ4v) is 5.65. The van der Waals surface area contributed by atoms with E-state index in [9.17, 15) is 9.90 Å². The first kappa shape index (κ1) is 24.6. The third-order valence-electron chi connectivity index (χ3n) is 7.27. The molecule has 1 fully saturated rings. The van der Waals surface area contributed by atoms with Gasteiger partial charge in [-0.25, -0.2) is 9.78 Å². The lowest BCUT2D eigenvalue weighted by atomic mass is 9.98. The minimum absolute atomic E-state index is 0.121. The number of hydrogen-bond donors (Lipinski definition) is 4. The number of fused-ring (bicyclic) bond motifs is 3. The molecule has 1 aromatic heterocycles. The number of halogens is 1. The minimum Gasteiger partial charge on any atom is -0.495 e. The number of ether oxygens (including phenoxy) is 2. The average molecular weight is 515 g/mol. The molecule has 2 bridgehead atoms. The van der Waals surface area contributed by atoms with Crippen molar-refractivity contribution in [2.24, 2.45) is 17.6 Å². The smallest absolute Gasteiger partial charge is 0.404 e. The molecule has 1 aliphatic heterocycles. The number of nitrogens with two attached hydrogens (primary N) is 1. The fourth-order valence-electron chi connectivity index (χ4n) is 5.50. The van der Waals surface area contributed by atoms with Crippen molar-refractivity contribution >= 4 is 35.1 Å². The van der Waals surface area contributed by atoms with E-state index in [4.69, 9.17) is 26.8 Å². The van der Waals surface area contributed by atoms with E-state index in [-0.39, 0.29) is 30.6 Å². The number of benzene rings is 1. The lowest BCUT2D eigenvalue weighted by molar-refractivity contribution is 0.0853. The highest BCUT2D eigenvalue weighted by molar-refractivity contribution is 6.32. The first-order chi connectivity index (χ1) is 17.4. The highest BCUT2D eigenvalue weighted by Gasteiger charge is 2.47. The summed E-state index contributed by atoms with van der Waals surface area (Å²) in [5.41, 5.74) is 8.54. The van der Waals surface area contributed by atoms with Crippen LogP contribution in [0.2, 0.25) is 5.02 Å². The second-order valence-electron chi connectivity index (χ2n) is 9.42. The van der Waals surface area contributed by atoms with Crippen molar-refractivity contribution in [2.75, 3.05) is 44.0 Å². The predicted molar refractivity (Wildman–Crippen MR) is 137 cm³/mol. The van der Waals surface area contributed by atoms with E-state index in [1.165, 1.54) is 17.3 Å². The predicted octanol–water partition coefficient (Wildman–Crippen LogP) is 2.73. The fraction of sp³-hybridized carbons (Fsp3) is 0.480. The molecule has 10 nitrogen and oxygen atoms in total. The van der Waals surface area contributed by atoms with Crippen molar-refractivity contribution in [3.8, 4) is 5.75 Å². The molecule has 2 aliphatic carbocycles. The summed E-state index contributed by atoms with van der Waals surface area (Å²) in [6, 6.07) is 3.96. The number of β-amino-alcohol motifs (C(OH)–C–C–N with tert-alkyl or cyclic N) is 1. The summed E-state index contributed by atoms with van der Waals surface area (Å²) in [5, 5.41) is 16.3. The van der Waals surface area contributed by atoms with Gasteiger partial charge in [0.25, 0.3) is 0 Å². The van der Waals surface area contributed by atoms with Crippen LogP contribution in [-0.2, 0) is 17.6 Å². The van der Waals surface area contributed by atoms with E-state index in [0.717, 1.165) is 38.0 Å². The highest BCUT2D eigenvalue weighted by Crippen LogP contribution is 2.43. The Labute approximate surface area is 214 Å². The first-order valence-corrected chi connectivity index (χ1v) is 12.6. The number of nitrogens with zero attached hydrogens (tertiary/aromatic N) is 3. The van der Waals surface area contributed by atoms with Gasteiger partial charge in [0.15, 0.2) is 5.82 Å². The summed E-state index contributed by atoms with van der Waals surface area (Å²) in [6.07, 6.45) is 7.21. The van der Waals surface area contributed by atoms with Gasteiger partial charge >= 0.3 is 6.09 Å².